The number of halogens is 8. The molecule has 4 atom stereocenters. The highest BCUT2D eigenvalue weighted by Gasteiger charge is 2.43. The molecule has 4 amide bonds. The zero-order valence-corrected chi connectivity index (χ0v) is 40.9. The van der Waals surface area contributed by atoms with E-state index < -0.39 is 61.0 Å². The minimum absolute atomic E-state index is 0.113. The number of fused-ring (bicyclic) bond motifs is 8. The molecule has 8 heterocycles. The molecule has 28 heteroatoms. The Balaban J connectivity index is 0.000000186. The van der Waals surface area contributed by atoms with Crippen LogP contribution >= 0.6 is 23.2 Å². The van der Waals surface area contributed by atoms with Crippen LogP contribution in [0.5, 0.6) is 12.0 Å². The van der Waals surface area contributed by atoms with Crippen molar-refractivity contribution in [2.24, 2.45) is 0 Å². The summed E-state index contributed by atoms with van der Waals surface area (Å²) in [6.07, 6.45) is -7.29. The average molecular weight is 1100 g/mol. The maximum atomic E-state index is 13.5. The first kappa shape index (κ1) is 53.5. The van der Waals surface area contributed by atoms with Gasteiger partial charge in [0, 0.05) is 49.7 Å². The van der Waals surface area contributed by atoms with Gasteiger partial charge in [0.15, 0.2) is 11.6 Å². The largest absolute Gasteiger partial charge is 0.461 e. The van der Waals surface area contributed by atoms with Crippen molar-refractivity contribution in [1.82, 2.24) is 29.9 Å². The first-order valence-corrected chi connectivity index (χ1v) is 24.0. The van der Waals surface area contributed by atoms with Crippen LogP contribution in [0, 0.1) is 0 Å². The van der Waals surface area contributed by atoms with Gasteiger partial charge in [-0.15, -0.1) is 0 Å². The van der Waals surface area contributed by atoms with Crippen molar-refractivity contribution in [3.63, 3.8) is 0 Å². The first-order valence-electron chi connectivity index (χ1n) is 23.2. The first-order chi connectivity index (χ1) is 36.3. The van der Waals surface area contributed by atoms with E-state index in [9.17, 15) is 46.1 Å². The summed E-state index contributed by atoms with van der Waals surface area (Å²) in [5.41, 5.74) is 0.106. The third-order valence-corrected chi connectivity index (χ3v) is 13.0. The molecule has 4 aliphatic rings. The Labute approximate surface area is 437 Å². The van der Waals surface area contributed by atoms with Crippen LogP contribution in [-0.2, 0) is 12.4 Å². The molecule has 76 heavy (non-hydrogen) atoms. The van der Waals surface area contributed by atoms with E-state index >= 15 is 0 Å². The SMILES string of the molecule is O=C(Nc1ccnc(OC[C@H](O)CO)n1)N1c2nc(-c3cccc(C(F)(F)F)c3)c(Cl)cc2N2CC[C@H]1C2.O=C(Nc1ccnc(OC[C@H](O)CO)n1)N1c2nc(-c3cccc(C(F)(F)F)c3)c(Cl)cc2N2CC[C@H]1C2. The molecular formula is C48H44Cl2F6N12O8. The number of aliphatic hydroxyl groups is 4. The number of hydrogen-bond acceptors (Lipinski definition) is 16. The van der Waals surface area contributed by atoms with E-state index in [2.05, 4.69) is 40.5 Å². The second-order valence-electron chi connectivity index (χ2n) is 17.6. The number of alkyl halides is 6. The fourth-order valence-corrected chi connectivity index (χ4v) is 9.32. The van der Waals surface area contributed by atoms with Crippen LogP contribution in [-0.4, -0.2) is 139 Å². The summed E-state index contributed by atoms with van der Waals surface area (Å²) in [4.78, 5) is 59.1. The molecule has 2 fully saturated rings. The number of aromatic nitrogens is 6. The van der Waals surface area contributed by atoms with Crippen molar-refractivity contribution in [1.29, 1.82) is 0 Å². The van der Waals surface area contributed by atoms with E-state index in [1.165, 1.54) is 58.6 Å². The van der Waals surface area contributed by atoms with Crippen molar-refractivity contribution >= 4 is 69.9 Å². The molecule has 0 saturated carbocycles. The lowest BCUT2D eigenvalue weighted by molar-refractivity contribution is -0.138. The lowest BCUT2D eigenvalue weighted by Crippen LogP contribution is -2.48. The normalized spacial score (nSPS) is 17.3. The third-order valence-electron chi connectivity index (χ3n) is 12.4. The molecule has 4 bridgehead atoms. The Morgan fingerprint density at radius 2 is 1.04 bits per heavy atom. The van der Waals surface area contributed by atoms with Crippen molar-refractivity contribution < 1.29 is 65.8 Å². The molecule has 0 unspecified atom stereocenters. The van der Waals surface area contributed by atoms with Crippen LogP contribution in [0.2, 0.25) is 10.0 Å². The minimum atomic E-state index is -4.54. The predicted molar refractivity (Wildman–Crippen MR) is 265 cm³/mol. The van der Waals surface area contributed by atoms with Gasteiger partial charge in [-0.2, -0.15) is 36.3 Å². The average Bonchev–Trinajstić information content (AvgIpc) is 4.10. The highest BCUT2D eigenvalue weighted by molar-refractivity contribution is 6.34. The Morgan fingerprint density at radius 3 is 1.42 bits per heavy atom. The summed E-state index contributed by atoms with van der Waals surface area (Å²) in [5.74, 6) is 0.773. The van der Waals surface area contributed by atoms with Gasteiger partial charge >= 0.3 is 36.4 Å². The zero-order chi connectivity index (χ0) is 54.1. The van der Waals surface area contributed by atoms with E-state index in [1.54, 1.807) is 12.1 Å². The molecule has 10 rings (SSSR count). The van der Waals surface area contributed by atoms with Crippen LogP contribution in [0.25, 0.3) is 22.5 Å². The molecule has 2 saturated heterocycles. The zero-order valence-electron chi connectivity index (χ0n) is 39.4. The Kier molecular flexibility index (Phi) is 15.5. The van der Waals surface area contributed by atoms with Gasteiger partial charge < -0.3 is 39.7 Å². The number of anilines is 6. The second kappa shape index (κ2) is 22.1. The number of nitrogens with zero attached hydrogens (tertiary/aromatic N) is 10. The van der Waals surface area contributed by atoms with Gasteiger partial charge in [0.1, 0.15) is 37.1 Å². The topological polar surface area (TPSA) is 248 Å². The number of nitrogens with one attached hydrogen (secondary N) is 2. The number of urea groups is 2. The lowest BCUT2D eigenvalue weighted by Gasteiger charge is -2.36. The van der Waals surface area contributed by atoms with Crippen LogP contribution in [0.3, 0.4) is 0 Å². The number of carbonyl (C=O) groups is 2. The monoisotopic (exact) mass is 1100 g/mol. The molecule has 0 radical (unpaired) electrons. The molecule has 4 aliphatic heterocycles. The summed E-state index contributed by atoms with van der Waals surface area (Å²) in [5, 5.41) is 42.4. The number of amides is 4. The van der Waals surface area contributed by atoms with Gasteiger partial charge in [-0.05, 0) is 61.4 Å². The number of ether oxygens (including phenoxy) is 2. The summed E-state index contributed by atoms with van der Waals surface area (Å²) < 4.78 is 90.3. The van der Waals surface area contributed by atoms with Gasteiger partial charge in [-0.1, -0.05) is 47.5 Å². The number of rotatable bonds is 12. The Morgan fingerprint density at radius 1 is 0.632 bits per heavy atom. The number of hydrogen-bond donors (Lipinski definition) is 6. The van der Waals surface area contributed by atoms with Gasteiger partial charge in [-0.25, -0.2) is 29.5 Å². The van der Waals surface area contributed by atoms with Gasteiger partial charge in [0.2, 0.25) is 0 Å². The molecular weight excluding hydrogens is 1060 g/mol. The second-order valence-corrected chi connectivity index (χ2v) is 18.4. The van der Waals surface area contributed by atoms with Gasteiger partial charge in [0.25, 0.3) is 0 Å². The van der Waals surface area contributed by atoms with E-state index in [-0.39, 0.29) is 93.1 Å². The molecule has 400 valence electrons. The maximum Gasteiger partial charge on any atom is 0.416 e. The fraction of sp³-hybridized carbons (Fsp3) is 0.333. The van der Waals surface area contributed by atoms with Crippen molar-refractivity contribution in [3.05, 3.63) is 106 Å². The third kappa shape index (κ3) is 11.7. The summed E-state index contributed by atoms with van der Waals surface area (Å²) >= 11 is 13.0. The number of carbonyl (C=O) groups excluding carboxylic acids is 2. The molecule has 20 nitrogen and oxygen atoms in total. The Hall–Kier alpha value is -7.36. The molecule has 2 aromatic carbocycles. The molecule has 0 spiro atoms. The van der Waals surface area contributed by atoms with Crippen LogP contribution in [0.15, 0.2) is 85.2 Å². The summed E-state index contributed by atoms with van der Waals surface area (Å²) in [6.45, 7) is 0.910. The van der Waals surface area contributed by atoms with Crippen LogP contribution in [0.1, 0.15) is 24.0 Å². The predicted octanol–water partition coefficient (Wildman–Crippen LogP) is 7.15. The molecule has 4 aromatic heterocycles. The fourth-order valence-electron chi connectivity index (χ4n) is 8.81. The van der Waals surface area contributed by atoms with Crippen LogP contribution < -0.4 is 39.7 Å². The van der Waals surface area contributed by atoms with Gasteiger partial charge in [0.05, 0.1) is 69.2 Å². The van der Waals surface area contributed by atoms with E-state index in [0.29, 0.717) is 50.4 Å². The highest BCUT2D eigenvalue weighted by atomic mass is 35.5. The van der Waals surface area contributed by atoms with Crippen molar-refractivity contribution in [2.45, 2.75) is 49.5 Å². The van der Waals surface area contributed by atoms with Crippen molar-refractivity contribution in [3.8, 4) is 34.5 Å². The van der Waals surface area contributed by atoms with Gasteiger partial charge in [-0.3, -0.25) is 20.4 Å². The lowest BCUT2D eigenvalue weighted by atomic mass is 10.1. The highest BCUT2D eigenvalue weighted by Crippen LogP contribution is 2.46. The standard InChI is InChI=1S/2C24H22ClF3N6O4/c2*25-17-9-18-21(32-20(17)13-2-1-3-14(8-13)24(26,27)28)34(15-5-7-33(18)10-15)23(37)31-19-4-6-29-22(30-19)38-12-16(36)11-35/h2*1-4,6,8-9,15-16,35-36H,5,7,10-12H2,(H,29,30,31,37)/t2*15-,16+/m00/s1. The summed E-state index contributed by atoms with van der Waals surface area (Å²) in [7, 11) is 0. The summed E-state index contributed by atoms with van der Waals surface area (Å²) in [6, 6.07) is 13.7. The Bertz CT molecular complexity index is 2930. The number of aliphatic hydroxyl groups excluding tert-OH is 4. The molecule has 0 aliphatic carbocycles. The quantitative estimate of drug-likeness (QED) is 0.0666. The molecule has 6 N–H and O–H groups in total. The van der Waals surface area contributed by atoms with Crippen molar-refractivity contribution in [2.75, 3.05) is 82.8 Å². The number of pyridine rings is 2. The minimum Gasteiger partial charge on any atom is -0.461 e. The van der Waals surface area contributed by atoms with E-state index in [0.717, 1.165) is 24.3 Å². The van der Waals surface area contributed by atoms with E-state index in [4.69, 9.17) is 42.9 Å². The van der Waals surface area contributed by atoms with E-state index in [1.807, 2.05) is 9.80 Å². The molecule has 6 aromatic rings. The maximum absolute atomic E-state index is 13.5. The van der Waals surface area contributed by atoms with Crippen LogP contribution in [0.4, 0.5) is 70.6 Å². The number of benzene rings is 2. The smallest absolute Gasteiger partial charge is 0.416 e.